The van der Waals surface area contributed by atoms with Crippen molar-refractivity contribution in [2.45, 2.75) is 6.54 Å². The molecule has 2 aromatic rings. The number of ketones is 1. The van der Waals surface area contributed by atoms with E-state index in [1.54, 1.807) is 18.3 Å². The van der Waals surface area contributed by atoms with Gasteiger partial charge in [0, 0.05) is 0 Å². The summed E-state index contributed by atoms with van der Waals surface area (Å²) >= 11 is 20.8. The van der Waals surface area contributed by atoms with E-state index in [9.17, 15) is 4.79 Å². The van der Waals surface area contributed by atoms with Crippen molar-refractivity contribution in [3.05, 3.63) is 44.7 Å². The van der Waals surface area contributed by atoms with Crippen LogP contribution < -0.4 is 0 Å². The first-order valence-electron chi connectivity index (χ1n) is 5.14. The summed E-state index contributed by atoms with van der Waals surface area (Å²) in [6.45, 7) is 0.402. The highest BCUT2D eigenvalue weighted by Gasteiger charge is 2.11. The number of halogens is 4. The van der Waals surface area contributed by atoms with Gasteiger partial charge in [-0.05, 0) is 17.7 Å². The third-order valence-electron chi connectivity index (χ3n) is 2.33. The van der Waals surface area contributed by atoms with Crippen LogP contribution in [0.1, 0.15) is 16.1 Å². The van der Waals surface area contributed by atoms with Crippen LogP contribution in [0.5, 0.6) is 0 Å². The molecular formula is C11H7BrCl3N3O. The van der Waals surface area contributed by atoms with E-state index in [1.807, 2.05) is 0 Å². The number of nitrogens with zero attached hydrogens (tertiary/aromatic N) is 3. The van der Waals surface area contributed by atoms with E-state index in [2.05, 4.69) is 26.2 Å². The van der Waals surface area contributed by atoms with E-state index in [1.165, 1.54) is 4.68 Å². The lowest BCUT2D eigenvalue weighted by molar-refractivity contribution is 0.101. The van der Waals surface area contributed by atoms with Crippen molar-refractivity contribution in [3.63, 3.8) is 0 Å². The van der Waals surface area contributed by atoms with E-state index >= 15 is 0 Å². The highest BCUT2D eigenvalue weighted by atomic mass is 79.9. The Morgan fingerprint density at radius 3 is 2.47 bits per heavy atom. The van der Waals surface area contributed by atoms with Crippen LogP contribution in [0.4, 0.5) is 0 Å². The van der Waals surface area contributed by atoms with Gasteiger partial charge in [0.2, 0.25) is 0 Å². The lowest BCUT2D eigenvalue weighted by Crippen LogP contribution is -2.01. The molecule has 0 N–H and O–H groups in total. The Morgan fingerprint density at radius 2 is 1.89 bits per heavy atom. The molecule has 0 saturated heterocycles. The average Bonchev–Trinajstić information content (AvgIpc) is 2.83. The van der Waals surface area contributed by atoms with Gasteiger partial charge in [0.15, 0.2) is 5.78 Å². The van der Waals surface area contributed by atoms with Crippen LogP contribution >= 0.6 is 50.7 Å². The second-order valence-electron chi connectivity index (χ2n) is 3.73. The summed E-state index contributed by atoms with van der Waals surface area (Å²) in [4.78, 5) is 11.4. The predicted octanol–water partition coefficient (Wildman–Crippen LogP) is 3.86. The smallest absolute Gasteiger partial charge is 0.195 e. The van der Waals surface area contributed by atoms with Gasteiger partial charge in [0.05, 0.1) is 33.1 Å². The van der Waals surface area contributed by atoms with Crippen molar-refractivity contribution >= 4 is 56.5 Å². The molecule has 0 aliphatic carbocycles. The molecule has 0 aliphatic heterocycles. The lowest BCUT2D eigenvalue weighted by Gasteiger charge is -2.05. The Labute approximate surface area is 132 Å². The minimum Gasteiger partial charge on any atom is -0.291 e. The van der Waals surface area contributed by atoms with Gasteiger partial charge in [-0.3, -0.25) is 4.79 Å². The second kappa shape index (κ2) is 6.22. The maximum Gasteiger partial charge on any atom is 0.195 e. The van der Waals surface area contributed by atoms with E-state index in [0.717, 1.165) is 5.56 Å². The number of carbonyl (C=O) groups is 1. The monoisotopic (exact) mass is 381 g/mol. The first-order chi connectivity index (χ1) is 9.01. The number of alkyl halides is 1. The first kappa shape index (κ1) is 14.8. The minimum absolute atomic E-state index is 0.126. The van der Waals surface area contributed by atoms with E-state index in [4.69, 9.17) is 34.8 Å². The molecule has 0 bridgehead atoms. The zero-order chi connectivity index (χ0) is 14.0. The van der Waals surface area contributed by atoms with Crippen LogP contribution in [0.25, 0.3) is 0 Å². The Hall–Kier alpha value is -0.620. The molecule has 8 heteroatoms. The Balaban J connectivity index is 2.22. The fourth-order valence-corrected chi connectivity index (χ4v) is 2.39. The third-order valence-corrected chi connectivity index (χ3v) is 4.04. The molecule has 2 rings (SSSR count). The summed E-state index contributed by atoms with van der Waals surface area (Å²) in [6.07, 6.45) is 1.57. The van der Waals surface area contributed by atoms with Crippen LogP contribution in [0.2, 0.25) is 15.1 Å². The molecule has 0 unspecified atom stereocenters. The lowest BCUT2D eigenvalue weighted by atomic mass is 10.2. The molecule has 1 heterocycles. The Morgan fingerprint density at radius 1 is 1.26 bits per heavy atom. The molecule has 100 valence electrons. The van der Waals surface area contributed by atoms with Crippen molar-refractivity contribution in [2.24, 2.45) is 0 Å². The molecule has 0 fully saturated rings. The van der Waals surface area contributed by atoms with E-state index < -0.39 is 0 Å². The normalized spacial score (nSPS) is 10.7. The van der Waals surface area contributed by atoms with Crippen molar-refractivity contribution in [1.29, 1.82) is 0 Å². The highest BCUT2D eigenvalue weighted by Crippen LogP contribution is 2.31. The molecule has 0 aliphatic rings. The molecule has 0 atom stereocenters. The van der Waals surface area contributed by atoms with Crippen LogP contribution in [-0.2, 0) is 6.54 Å². The SMILES string of the molecule is O=C(CBr)c1cn(Cc2cc(Cl)c(Cl)c(Cl)c2)nn1. The van der Waals surface area contributed by atoms with E-state index in [0.29, 0.717) is 27.3 Å². The maximum absolute atomic E-state index is 11.4. The van der Waals surface area contributed by atoms with Gasteiger partial charge in [-0.2, -0.15) is 0 Å². The number of hydrogen-bond donors (Lipinski definition) is 0. The van der Waals surface area contributed by atoms with E-state index in [-0.39, 0.29) is 11.1 Å². The van der Waals surface area contributed by atoms with Crippen molar-refractivity contribution < 1.29 is 4.79 Å². The Kier molecular flexibility index (Phi) is 4.84. The van der Waals surface area contributed by atoms with Gasteiger partial charge >= 0.3 is 0 Å². The molecule has 0 spiro atoms. The number of Topliss-reactive ketones (excluding diaryl/α,β-unsaturated/α-hetero) is 1. The quantitative estimate of drug-likeness (QED) is 0.458. The average molecular weight is 383 g/mol. The van der Waals surface area contributed by atoms with Crippen LogP contribution in [0.3, 0.4) is 0 Å². The molecule has 0 saturated carbocycles. The maximum atomic E-state index is 11.4. The van der Waals surface area contributed by atoms with Crippen molar-refractivity contribution in [3.8, 4) is 0 Å². The second-order valence-corrected chi connectivity index (χ2v) is 5.48. The standard InChI is InChI=1S/C11H7BrCl3N3O/c12-3-10(19)9-5-18(17-16-9)4-6-1-7(13)11(15)8(14)2-6/h1-2,5H,3-4H2. The van der Waals surface area contributed by atoms with Crippen LogP contribution in [0, 0.1) is 0 Å². The Bertz CT molecular complexity index is 606. The van der Waals surface area contributed by atoms with Gasteiger partial charge in [-0.1, -0.05) is 55.9 Å². The molecule has 0 amide bonds. The highest BCUT2D eigenvalue weighted by molar-refractivity contribution is 9.09. The predicted molar refractivity (Wildman–Crippen MR) is 78.7 cm³/mol. The number of aromatic nitrogens is 3. The topological polar surface area (TPSA) is 47.8 Å². The number of benzene rings is 1. The third kappa shape index (κ3) is 3.48. The van der Waals surface area contributed by atoms with Crippen LogP contribution in [-0.4, -0.2) is 26.1 Å². The summed E-state index contributed by atoms with van der Waals surface area (Å²) in [5.41, 5.74) is 1.13. The summed E-state index contributed by atoms with van der Waals surface area (Å²) in [6, 6.07) is 3.40. The molecule has 19 heavy (non-hydrogen) atoms. The molecule has 1 aromatic heterocycles. The largest absolute Gasteiger partial charge is 0.291 e. The summed E-state index contributed by atoms with van der Waals surface area (Å²) in [5.74, 6) is -0.126. The summed E-state index contributed by atoms with van der Waals surface area (Å²) < 4.78 is 1.53. The van der Waals surface area contributed by atoms with Crippen molar-refractivity contribution in [2.75, 3.05) is 5.33 Å². The van der Waals surface area contributed by atoms with Gasteiger partial charge in [-0.15, -0.1) is 5.10 Å². The first-order valence-corrected chi connectivity index (χ1v) is 7.39. The molecule has 1 aromatic carbocycles. The summed E-state index contributed by atoms with van der Waals surface area (Å²) in [7, 11) is 0. The van der Waals surface area contributed by atoms with Gasteiger partial charge in [-0.25, -0.2) is 4.68 Å². The molecule has 0 radical (unpaired) electrons. The zero-order valence-electron chi connectivity index (χ0n) is 9.41. The van der Waals surface area contributed by atoms with Crippen LogP contribution in [0.15, 0.2) is 18.3 Å². The van der Waals surface area contributed by atoms with Gasteiger partial charge in [0.1, 0.15) is 5.69 Å². The fraction of sp³-hybridized carbons (Fsp3) is 0.182. The molecular weight excluding hydrogens is 376 g/mol. The number of carbonyl (C=O) groups excluding carboxylic acids is 1. The number of rotatable bonds is 4. The minimum atomic E-state index is -0.126. The van der Waals surface area contributed by atoms with Gasteiger partial charge in [0.25, 0.3) is 0 Å². The van der Waals surface area contributed by atoms with Gasteiger partial charge < -0.3 is 0 Å². The summed E-state index contributed by atoms with van der Waals surface area (Å²) in [5, 5.41) is 8.94. The number of hydrogen-bond acceptors (Lipinski definition) is 3. The zero-order valence-corrected chi connectivity index (χ0v) is 13.3. The van der Waals surface area contributed by atoms with Crippen molar-refractivity contribution in [1.82, 2.24) is 15.0 Å². The fourth-order valence-electron chi connectivity index (χ4n) is 1.46. The molecule has 4 nitrogen and oxygen atoms in total.